The van der Waals surface area contributed by atoms with Gasteiger partial charge in [-0.2, -0.15) is 5.26 Å². The van der Waals surface area contributed by atoms with Gasteiger partial charge in [-0.05, 0) is 31.6 Å². The molecule has 72 valence electrons. The van der Waals surface area contributed by atoms with E-state index in [0.717, 1.165) is 18.4 Å². The van der Waals surface area contributed by atoms with Crippen LogP contribution in [0.5, 0.6) is 0 Å². The number of rotatable bonds is 2. The fourth-order valence-electron chi connectivity index (χ4n) is 2.49. The molecule has 0 spiro atoms. The molecule has 1 aliphatic carbocycles. The van der Waals surface area contributed by atoms with Crippen LogP contribution in [0.1, 0.15) is 19.8 Å². The smallest absolute Gasteiger partial charge is 0.114 e. The third kappa shape index (κ3) is 1.70. The summed E-state index contributed by atoms with van der Waals surface area (Å²) in [6, 6.07) is 2.15. The van der Waals surface area contributed by atoms with Crippen molar-refractivity contribution in [2.24, 2.45) is 17.6 Å². The Hall–Kier alpha value is -0.590. The lowest BCUT2D eigenvalue weighted by Crippen LogP contribution is -2.46. The minimum Gasteiger partial charge on any atom is -0.313 e. The first kappa shape index (κ1) is 8.98. The van der Waals surface area contributed by atoms with Gasteiger partial charge in [0, 0.05) is 19.6 Å². The van der Waals surface area contributed by atoms with E-state index in [0.29, 0.717) is 0 Å². The van der Waals surface area contributed by atoms with Crippen LogP contribution >= 0.6 is 0 Å². The zero-order valence-corrected chi connectivity index (χ0v) is 8.16. The van der Waals surface area contributed by atoms with Gasteiger partial charge >= 0.3 is 0 Å². The molecular weight excluding hydrogens is 162 g/mol. The minimum absolute atomic E-state index is 0.663. The van der Waals surface area contributed by atoms with Crippen LogP contribution in [0.25, 0.3) is 0 Å². The van der Waals surface area contributed by atoms with E-state index >= 15 is 0 Å². The summed E-state index contributed by atoms with van der Waals surface area (Å²) in [6.07, 6.45) is 2.77. The molecule has 1 heterocycles. The molecule has 3 heteroatoms. The largest absolute Gasteiger partial charge is 0.313 e. The number of fused-ring (bicyclic) bond motifs is 1. The highest BCUT2D eigenvalue weighted by Gasteiger charge is 2.40. The second-order valence-electron chi connectivity index (χ2n) is 4.82. The van der Waals surface area contributed by atoms with E-state index in [2.05, 4.69) is 11.0 Å². The van der Waals surface area contributed by atoms with Crippen molar-refractivity contribution in [1.29, 1.82) is 5.26 Å². The fourth-order valence-corrected chi connectivity index (χ4v) is 2.49. The van der Waals surface area contributed by atoms with Gasteiger partial charge in [0.25, 0.3) is 0 Å². The van der Waals surface area contributed by atoms with Crippen molar-refractivity contribution in [3.63, 3.8) is 0 Å². The number of likely N-dealkylation sites (tertiary alicyclic amines) is 1. The first-order valence-corrected chi connectivity index (χ1v) is 5.03. The van der Waals surface area contributed by atoms with Gasteiger partial charge in [0.1, 0.15) is 5.54 Å². The van der Waals surface area contributed by atoms with Crippen molar-refractivity contribution in [3.05, 3.63) is 0 Å². The molecular formula is C10H17N3. The number of hydrogen-bond donors (Lipinski definition) is 1. The van der Waals surface area contributed by atoms with Gasteiger partial charge in [-0.15, -0.1) is 0 Å². The highest BCUT2D eigenvalue weighted by atomic mass is 15.2. The normalized spacial score (nSPS) is 37.3. The molecule has 0 amide bonds. The van der Waals surface area contributed by atoms with E-state index in [-0.39, 0.29) is 0 Å². The van der Waals surface area contributed by atoms with E-state index in [9.17, 15) is 0 Å². The Labute approximate surface area is 79.5 Å². The second kappa shape index (κ2) is 2.97. The van der Waals surface area contributed by atoms with Gasteiger partial charge in [-0.3, -0.25) is 4.90 Å². The van der Waals surface area contributed by atoms with Crippen LogP contribution in [0, 0.1) is 23.2 Å². The van der Waals surface area contributed by atoms with Crippen molar-refractivity contribution in [2.45, 2.75) is 25.3 Å². The Morgan fingerprint density at radius 1 is 1.46 bits per heavy atom. The first-order chi connectivity index (χ1) is 6.11. The van der Waals surface area contributed by atoms with Crippen LogP contribution in [-0.4, -0.2) is 30.1 Å². The maximum Gasteiger partial charge on any atom is 0.114 e. The van der Waals surface area contributed by atoms with Gasteiger partial charge in [0.2, 0.25) is 0 Å². The van der Waals surface area contributed by atoms with E-state index in [1.165, 1.54) is 25.9 Å². The molecule has 2 aliphatic rings. The van der Waals surface area contributed by atoms with Crippen LogP contribution in [0.2, 0.25) is 0 Å². The summed E-state index contributed by atoms with van der Waals surface area (Å²) >= 11 is 0. The van der Waals surface area contributed by atoms with Crippen LogP contribution in [0.3, 0.4) is 0 Å². The van der Waals surface area contributed by atoms with Gasteiger partial charge in [-0.1, -0.05) is 0 Å². The number of hydrogen-bond acceptors (Lipinski definition) is 3. The number of nitrogens with zero attached hydrogens (tertiary/aromatic N) is 2. The quantitative estimate of drug-likeness (QED) is 0.674. The average molecular weight is 179 g/mol. The zero-order chi connectivity index (χ0) is 9.47. The Morgan fingerprint density at radius 2 is 2.00 bits per heavy atom. The van der Waals surface area contributed by atoms with Gasteiger partial charge in [-0.25, -0.2) is 0 Å². The van der Waals surface area contributed by atoms with Crippen LogP contribution in [-0.2, 0) is 0 Å². The lowest BCUT2D eigenvalue weighted by Gasteiger charge is -2.28. The SMILES string of the molecule is CC(N)(C#N)CN1CC2CCC2C1. The maximum absolute atomic E-state index is 8.80. The van der Waals surface area contributed by atoms with Gasteiger partial charge in [0.15, 0.2) is 0 Å². The van der Waals surface area contributed by atoms with E-state index in [4.69, 9.17) is 11.0 Å². The Bertz CT molecular complexity index is 229. The number of nitriles is 1. The Kier molecular flexibility index (Phi) is 2.05. The van der Waals surface area contributed by atoms with Crippen molar-refractivity contribution in [1.82, 2.24) is 4.90 Å². The second-order valence-corrected chi connectivity index (χ2v) is 4.82. The topological polar surface area (TPSA) is 53.1 Å². The Morgan fingerprint density at radius 3 is 2.38 bits per heavy atom. The Balaban J connectivity index is 1.87. The summed E-state index contributed by atoms with van der Waals surface area (Å²) in [4.78, 5) is 2.35. The molecule has 0 aromatic heterocycles. The average Bonchev–Trinajstić information content (AvgIpc) is 2.30. The standard InChI is InChI=1S/C10H17N3/c1-10(12,6-11)7-13-4-8-2-3-9(8)5-13/h8-9H,2-5,7,12H2,1H3. The highest BCUT2D eigenvalue weighted by molar-refractivity contribution is 5.05. The van der Waals surface area contributed by atoms with Crippen molar-refractivity contribution >= 4 is 0 Å². The zero-order valence-electron chi connectivity index (χ0n) is 8.16. The molecule has 3 nitrogen and oxygen atoms in total. The first-order valence-electron chi connectivity index (χ1n) is 5.03. The summed E-state index contributed by atoms with van der Waals surface area (Å²) in [5.74, 6) is 1.82. The fraction of sp³-hybridized carbons (Fsp3) is 0.900. The number of nitrogens with two attached hydrogens (primary N) is 1. The minimum atomic E-state index is -0.663. The molecule has 0 radical (unpaired) electrons. The molecule has 3 unspecified atom stereocenters. The van der Waals surface area contributed by atoms with Crippen LogP contribution < -0.4 is 5.73 Å². The summed E-state index contributed by atoms with van der Waals surface area (Å²) in [7, 11) is 0. The molecule has 1 saturated carbocycles. The summed E-state index contributed by atoms with van der Waals surface area (Å²) < 4.78 is 0. The van der Waals surface area contributed by atoms with Crippen LogP contribution in [0.15, 0.2) is 0 Å². The van der Waals surface area contributed by atoms with E-state index in [1.54, 1.807) is 0 Å². The lowest BCUT2D eigenvalue weighted by atomic mass is 9.77. The predicted molar refractivity (Wildman–Crippen MR) is 50.9 cm³/mol. The van der Waals surface area contributed by atoms with Crippen molar-refractivity contribution < 1.29 is 0 Å². The molecule has 1 saturated heterocycles. The van der Waals surface area contributed by atoms with Gasteiger partial charge < -0.3 is 5.73 Å². The van der Waals surface area contributed by atoms with Gasteiger partial charge in [0.05, 0.1) is 6.07 Å². The summed E-state index contributed by atoms with van der Waals surface area (Å²) in [5, 5.41) is 8.80. The molecule has 0 aromatic rings. The molecule has 2 N–H and O–H groups in total. The summed E-state index contributed by atoms with van der Waals surface area (Å²) in [5.41, 5.74) is 5.14. The van der Waals surface area contributed by atoms with Crippen LogP contribution in [0.4, 0.5) is 0 Å². The highest BCUT2D eigenvalue weighted by Crippen LogP contribution is 2.40. The molecule has 2 fully saturated rings. The molecule has 13 heavy (non-hydrogen) atoms. The molecule has 2 rings (SSSR count). The lowest BCUT2D eigenvalue weighted by molar-refractivity contribution is 0.243. The molecule has 0 aromatic carbocycles. The third-order valence-electron chi connectivity index (χ3n) is 3.37. The third-order valence-corrected chi connectivity index (χ3v) is 3.37. The predicted octanol–water partition coefficient (Wildman–Crippen LogP) is 0.569. The molecule has 0 bridgehead atoms. The van der Waals surface area contributed by atoms with Crippen molar-refractivity contribution in [3.8, 4) is 6.07 Å². The van der Waals surface area contributed by atoms with E-state index < -0.39 is 5.54 Å². The van der Waals surface area contributed by atoms with Crippen molar-refractivity contribution in [2.75, 3.05) is 19.6 Å². The monoisotopic (exact) mass is 179 g/mol. The molecule has 1 aliphatic heterocycles. The maximum atomic E-state index is 8.80. The molecule has 3 atom stereocenters. The van der Waals surface area contributed by atoms with E-state index in [1.807, 2.05) is 6.92 Å². The summed E-state index contributed by atoms with van der Waals surface area (Å²) in [6.45, 7) is 4.88.